The maximum Gasteiger partial charge on any atom is 0.0463 e. The van der Waals surface area contributed by atoms with E-state index in [1.165, 1.54) is 0 Å². The molecular weight excluding hydrogens is 1020 g/mol. The predicted molar refractivity (Wildman–Crippen MR) is 355 cm³/mol. The molecule has 0 atom stereocenters. The minimum atomic E-state index is 1.04. The summed E-state index contributed by atoms with van der Waals surface area (Å²) in [6.07, 6.45) is 0. The zero-order valence-electron chi connectivity index (χ0n) is 46.3. The van der Waals surface area contributed by atoms with Crippen LogP contribution in [0.25, 0.3) is 0 Å². The fourth-order valence-corrected chi connectivity index (χ4v) is 11.1. The fourth-order valence-electron chi connectivity index (χ4n) is 11.1. The lowest BCUT2D eigenvalue weighted by atomic mass is 10.1. The van der Waals surface area contributed by atoms with Gasteiger partial charge >= 0.3 is 0 Å². The third-order valence-electron chi connectivity index (χ3n) is 14.9. The molecule has 0 heterocycles. The van der Waals surface area contributed by atoms with Gasteiger partial charge in [0.05, 0.1) is 0 Å². The average molecular weight is 1080 g/mol. The third-order valence-corrected chi connectivity index (χ3v) is 14.9. The van der Waals surface area contributed by atoms with Gasteiger partial charge in [-0.25, -0.2) is 0 Å². The summed E-state index contributed by atoms with van der Waals surface area (Å²) in [4.78, 5) is 13.9. The second-order valence-corrected chi connectivity index (χ2v) is 20.3. The van der Waals surface area contributed by atoms with Crippen molar-refractivity contribution >= 4 is 102 Å². The van der Waals surface area contributed by atoms with Gasteiger partial charge in [0.25, 0.3) is 0 Å². The van der Waals surface area contributed by atoms with E-state index in [2.05, 4.69) is 393 Å². The highest BCUT2D eigenvalue weighted by Gasteiger charge is 2.21. The van der Waals surface area contributed by atoms with Crippen LogP contribution in [-0.4, -0.2) is 0 Å². The van der Waals surface area contributed by atoms with Gasteiger partial charge in [0, 0.05) is 102 Å². The summed E-state index contributed by atoms with van der Waals surface area (Å²) in [7, 11) is 0. The Hall–Kier alpha value is -11.3. The number of rotatable bonds is 18. The van der Waals surface area contributed by atoms with Crippen molar-refractivity contribution in [3.05, 3.63) is 364 Å². The first-order chi connectivity index (χ1) is 41.7. The largest absolute Gasteiger partial charge is 0.311 e. The highest BCUT2D eigenvalue weighted by molar-refractivity contribution is 5.87. The Morgan fingerprint density at radius 1 is 0.0833 bits per heavy atom. The minimum absolute atomic E-state index is 1.04. The standard InChI is InChI=1S/C78H60N6/c1-9-25-61(26-10-1)79(62-27-11-2-12-28-62)69-41-45-71(46-42-69)81(65-33-17-5-18-34-65)73-49-53-75(54-50-73)83(67-37-21-7-22-38-67)77-57-59-78(60-58-77)84(68-39-23-8-24-40-68)76-55-51-74(52-56-76)82(66-35-19-6-20-36-66)72-47-43-70(44-48-72)80(63-29-13-3-14-30-63)64-31-15-4-16-32-64/h1-60H. The molecule has 0 spiro atoms. The van der Waals surface area contributed by atoms with E-state index >= 15 is 0 Å². The van der Waals surface area contributed by atoms with Crippen LogP contribution in [0.2, 0.25) is 0 Å². The molecule has 0 aliphatic heterocycles. The van der Waals surface area contributed by atoms with Crippen molar-refractivity contribution in [2.24, 2.45) is 0 Å². The van der Waals surface area contributed by atoms with Gasteiger partial charge in [0.15, 0.2) is 0 Å². The molecular formula is C78H60N6. The first-order valence-electron chi connectivity index (χ1n) is 28.4. The van der Waals surface area contributed by atoms with Crippen molar-refractivity contribution in [2.45, 2.75) is 0 Å². The van der Waals surface area contributed by atoms with Crippen LogP contribution in [0, 0.1) is 0 Å². The smallest absolute Gasteiger partial charge is 0.0463 e. The second kappa shape index (κ2) is 24.6. The van der Waals surface area contributed by atoms with Gasteiger partial charge in [-0.3, -0.25) is 0 Å². The first-order valence-corrected chi connectivity index (χ1v) is 28.4. The van der Waals surface area contributed by atoms with E-state index in [-0.39, 0.29) is 0 Å². The quantitative estimate of drug-likeness (QED) is 0.0847. The number of hydrogen-bond donors (Lipinski definition) is 0. The molecule has 0 unspecified atom stereocenters. The Labute approximate surface area is 493 Å². The highest BCUT2D eigenvalue weighted by Crippen LogP contribution is 2.45. The van der Waals surface area contributed by atoms with Gasteiger partial charge < -0.3 is 29.4 Å². The van der Waals surface area contributed by atoms with Crippen LogP contribution in [0.4, 0.5) is 102 Å². The third kappa shape index (κ3) is 11.2. The van der Waals surface area contributed by atoms with E-state index in [4.69, 9.17) is 0 Å². The Morgan fingerprint density at radius 3 is 0.238 bits per heavy atom. The van der Waals surface area contributed by atoms with E-state index in [1.807, 2.05) is 0 Å². The van der Waals surface area contributed by atoms with Gasteiger partial charge in [-0.2, -0.15) is 0 Å². The molecule has 13 aromatic carbocycles. The Kier molecular flexibility index (Phi) is 15.2. The Morgan fingerprint density at radius 2 is 0.155 bits per heavy atom. The van der Waals surface area contributed by atoms with E-state index in [0.717, 1.165) is 102 Å². The normalized spacial score (nSPS) is 10.9. The van der Waals surface area contributed by atoms with Crippen molar-refractivity contribution in [3.63, 3.8) is 0 Å². The lowest BCUT2D eigenvalue weighted by Crippen LogP contribution is -2.14. The first kappa shape index (κ1) is 52.1. The number of benzene rings is 13. The van der Waals surface area contributed by atoms with Crippen LogP contribution in [0.15, 0.2) is 364 Å². The summed E-state index contributed by atoms with van der Waals surface area (Å²) in [5.41, 5.74) is 19.2. The van der Waals surface area contributed by atoms with Crippen molar-refractivity contribution in [2.75, 3.05) is 29.4 Å². The summed E-state index contributed by atoms with van der Waals surface area (Å²) in [6, 6.07) is 129. The summed E-state index contributed by atoms with van der Waals surface area (Å²) in [5, 5.41) is 0. The van der Waals surface area contributed by atoms with E-state index in [9.17, 15) is 0 Å². The van der Waals surface area contributed by atoms with E-state index < -0.39 is 0 Å². The average Bonchev–Trinajstić information content (AvgIpc) is 3.61. The minimum Gasteiger partial charge on any atom is -0.311 e. The van der Waals surface area contributed by atoms with Gasteiger partial charge in [-0.1, -0.05) is 146 Å². The van der Waals surface area contributed by atoms with Gasteiger partial charge in [0.1, 0.15) is 0 Å². The molecule has 402 valence electrons. The molecule has 84 heavy (non-hydrogen) atoms. The SMILES string of the molecule is c1ccc(N(c2ccccc2)c2ccc(N(c3ccccc3)c3ccc(N(c4ccccc4)c4ccc(N(c5ccccc5)c5ccc(N(c6ccccc6)c6ccc(N(c7ccccc7)c7ccccc7)cc6)cc5)cc4)cc3)cc2)cc1. The maximum atomic E-state index is 2.32. The van der Waals surface area contributed by atoms with Crippen LogP contribution < -0.4 is 29.4 Å². The second-order valence-electron chi connectivity index (χ2n) is 20.3. The van der Waals surface area contributed by atoms with Gasteiger partial charge in [0.2, 0.25) is 0 Å². The molecule has 6 heteroatoms. The number of para-hydroxylation sites is 8. The van der Waals surface area contributed by atoms with Gasteiger partial charge in [-0.15, -0.1) is 0 Å². The molecule has 0 N–H and O–H groups in total. The predicted octanol–water partition coefficient (Wildman–Crippen LogP) is 22.5. The van der Waals surface area contributed by atoms with E-state index in [1.54, 1.807) is 0 Å². The van der Waals surface area contributed by atoms with Crippen LogP contribution in [0.3, 0.4) is 0 Å². The number of nitrogens with zero attached hydrogens (tertiary/aromatic N) is 6. The molecule has 0 bridgehead atoms. The van der Waals surface area contributed by atoms with Crippen molar-refractivity contribution in [3.8, 4) is 0 Å². The van der Waals surface area contributed by atoms with Crippen molar-refractivity contribution in [1.82, 2.24) is 0 Å². The van der Waals surface area contributed by atoms with Crippen LogP contribution in [0.5, 0.6) is 0 Å². The molecule has 13 rings (SSSR count). The fraction of sp³-hybridized carbons (Fsp3) is 0. The summed E-state index contributed by atoms with van der Waals surface area (Å²) < 4.78 is 0. The molecule has 0 fully saturated rings. The van der Waals surface area contributed by atoms with E-state index in [0.29, 0.717) is 0 Å². The zero-order chi connectivity index (χ0) is 56.3. The van der Waals surface area contributed by atoms with Gasteiger partial charge in [-0.05, 0) is 218 Å². The lowest BCUT2D eigenvalue weighted by Gasteiger charge is -2.30. The van der Waals surface area contributed by atoms with Crippen LogP contribution >= 0.6 is 0 Å². The summed E-state index contributed by atoms with van der Waals surface area (Å²) >= 11 is 0. The zero-order valence-corrected chi connectivity index (χ0v) is 46.3. The monoisotopic (exact) mass is 1080 g/mol. The molecule has 0 aliphatic carbocycles. The maximum absolute atomic E-state index is 2.32. The molecule has 0 saturated heterocycles. The number of anilines is 18. The van der Waals surface area contributed by atoms with Crippen molar-refractivity contribution < 1.29 is 0 Å². The molecule has 0 radical (unpaired) electrons. The Bertz CT molecular complexity index is 3770. The molecule has 0 aromatic heterocycles. The highest BCUT2D eigenvalue weighted by atomic mass is 15.2. The topological polar surface area (TPSA) is 19.4 Å². The molecule has 0 amide bonds. The molecule has 13 aromatic rings. The summed E-state index contributed by atoms with van der Waals surface area (Å²) in [6.45, 7) is 0. The summed E-state index contributed by atoms with van der Waals surface area (Å²) in [5.74, 6) is 0. The molecule has 0 saturated carbocycles. The number of hydrogen-bond acceptors (Lipinski definition) is 6. The van der Waals surface area contributed by atoms with Crippen LogP contribution in [0.1, 0.15) is 0 Å². The lowest BCUT2D eigenvalue weighted by molar-refractivity contribution is 1.23. The molecule has 0 aliphatic rings. The molecule has 6 nitrogen and oxygen atoms in total. The Balaban J connectivity index is 0.805. The van der Waals surface area contributed by atoms with Crippen molar-refractivity contribution in [1.29, 1.82) is 0 Å². The van der Waals surface area contributed by atoms with Crippen LogP contribution in [-0.2, 0) is 0 Å².